The van der Waals surface area contributed by atoms with E-state index >= 15 is 0 Å². The van der Waals surface area contributed by atoms with Crippen molar-refractivity contribution in [3.63, 3.8) is 0 Å². The Morgan fingerprint density at radius 3 is 1.67 bits per heavy atom. The Hall–Kier alpha value is -2.18. The lowest BCUT2D eigenvalue weighted by Gasteiger charge is -2.16. The third kappa shape index (κ3) is 6.80. The number of hydrogen-bond donors (Lipinski definition) is 0. The number of unbranched alkanes of at least 4 members (excludes halogenated alkanes) is 15. The van der Waals surface area contributed by atoms with Gasteiger partial charge in [0, 0.05) is 37.9 Å². The number of para-hydroxylation sites is 1. The molecule has 3 aromatic carbocycles. The summed E-state index contributed by atoms with van der Waals surface area (Å²) < 4.78 is 9.26. The van der Waals surface area contributed by atoms with Gasteiger partial charge in [-0.3, -0.25) is 14.2 Å². The highest BCUT2D eigenvalue weighted by atomic mass is 79.9. The molecule has 0 aliphatic rings. The molecule has 2 heterocycles. The monoisotopic (exact) mass is 695 g/mol. The number of benzene rings is 3. The second-order valence-electron chi connectivity index (χ2n) is 11.9. The van der Waals surface area contributed by atoms with Crippen LogP contribution in [0.4, 0.5) is 0 Å². The zero-order valence-electron chi connectivity index (χ0n) is 24.9. The fourth-order valence-electron chi connectivity index (χ4n) is 6.52. The number of aromatic nitrogens is 1. The van der Waals surface area contributed by atoms with E-state index in [0.717, 1.165) is 49.9 Å². The molecule has 0 unspecified atom stereocenters. The minimum Gasteiger partial charge on any atom is -0.455 e. The minimum absolute atomic E-state index is 0.215. The van der Waals surface area contributed by atoms with Crippen LogP contribution in [0.3, 0.4) is 0 Å². The first-order valence-electron chi connectivity index (χ1n) is 16.1. The molecule has 0 fully saturated rings. The molecule has 0 spiro atoms. The molecule has 0 amide bonds. The third-order valence-electron chi connectivity index (χ3n) is 8.82. The van der Waals surface area contributed by atoms with Gasteiger partial charge in [-0.05, 0) is 40.5 Å². The van der Waals surface area contributed by atoms with E-state index in [1.54, 1.807) is 0 Å². The summed E-state index contributed by atoms with van der Waals surface area (Å²) in [5, 5.41) is 4.53. The van der Waals surface area contributed by atoms with Crippen LogP contribution < -0.4 is 11.1 Å². The molecular weight excluding hydrogens is 654 g/mol. The third-order valence-corrected chi connectivity index (χ3v) is 10.0. The molecular formula is C36H43Br2NO3. The van der Waals surface area contributed by atoms with Crippen LogP contribution in [0, 0.1) is 0 Å². The van der Waals surface area contributed by atoms with Gasteiger partial charge in [-0.15, -0.1) is 0 Å². The van der Waals surface area contributed by atoms with E-state index in [4.69, 9.17) is 4.42 Å². The normalized spacial score (nSPS) is 12.1. The van der Waals surface area contributed by atoms with Gasteiger partial charge in [0.25, 0.3) is 11.1 Å². The maximum Gasteiger partial charge on any atom is 0.261 e. The van der Waals surface area contributed by atoms with Gasteiger partial charge in [-0.2, -0.15) is 0 Å². The zero-order valence-corrected chi connectivity index (χ0v) is 28.1. The summed E-state index contributed by atoms with van der Waals surface area (Å²) in [7, 11) is 0. The highest BCUT2D eigenvalue weighted by Crippen LogP contribution is 2.43. The molecule has 42 heavy (non-hydrogen) atoms. The first-order valence-corrected chi connectivity index (χ1v) is 17.7. The average Bonchev–Trinajstić information content (AvgIpc) is 2.99. The number of rotatable bonds is 17. The van der Waals surface area contributed by atoms with Crippen molar-refractivity contribution in [2.45, 2.75) is 116 Å². The van der Waals surface area contributed by atoms with Gasteiger partial charge in [-0.1, -0.05) is 137 Å². The number of pyridine rings is 1. The zero-order chi connectivity index (χ0) is 29.5. The van der Waals surface area contributed by atoms with Gasteiger partial charge in [0.05, 0.1) is 9.86 Å². The smallest absolute Gasteiger partial charge is 0.261 e. The Balaban J connectivity index is 1.16. The van der Waals surface area contributed by atoms with Crippen molar-refractivity contribution in [3.8, 4) is 0 Å². The molecule has 5 rings (SSSR count). The molecule has 0 saturated heterocycles. The van der Waals surface area contributed by atoms with Crippen LogP contribution in [0.25, 0.3) is 43.5 Å². The van der Waals surface area contributed by atoms with Crippen molar-refractivity contribution in [3.05, 3.63) is 66.1 Å². The fraction of sp³-hybridized carbons (Fsp3) is 0.500. The van der Waals surface area contributed by atoms with Crippen molar-refractivity contribution in [2.24, 2.45) is 0 Å². The summed E-state index contributed by atoms with van der Waals surface area (Å²) in [5.41, 5.74) is 0.977. The molecule has 0 bridgehead atoms. The number of halogens is 2. The van der Waals surface area contributed by atoms with Crippen molar-refractivity contribution in [1.29, 1.82) is 0 Å². The van der Waals surface area contributed by atoms with Crippen molar-refractivity contribution < 1.29 is 4.42 Å². The Bertz CT molecular complexity index is 1720. The van der Waals surface area contributed by atoms with Crippen LogP contribution in [0.2, 0.25) is 0 Å². The maximum atomic E-state index is 13.6. The fourth-order valence-corrected chi connectivity index (χ4v) is 7.67. The standard InChI is InChI=1S/C36H43Br2NO3/c1-2-3-4-5-6-7-8-9-10-11-12-13-14-15-16-19-22-39-35(40)26-23-28(37)32-25-20-17-18-21-30(25)42-34-29(38)24-27(36(39)41)31(26)33(32)34/h17-18,20-21,23-24H,2-16,19,22H2,1H3. The van der Waals surface area contributed by atoms with Crippen LogP contribution in [0.1, 0.15) is 110 Å². The van der Waals surface area contributed by atoms with E-state index in [0.29, 0.717) is 28.3 Å². The second kappa shape index (κ2) is 15.0. The Kier molecular flexibility index (Phi) is 11.2. The summed E-state index contributed by atoms with van der Waals surface area (Å²) in [6.07, 6.45) is 20.7. The van der Waals surface area contributed by atoms with E-state index < -0.39 is 0 Å². The molecule has 6 heteroatoms. The average molecular weight is 698 g/mol. The molecule has 224 valence electrons. The second-order valence-corrected chi connectivity index (χ2v) is 13.6. The Labute approximate surface area is 265 Å². The largest absolute Gasteiger partial charge is 0.455 e. The summed E-state index contributed by atoms with van der Waals surface area (Å²) in [4.78, 5) is 27.3. The Morgan fingerprint density at radius 2 is 1.10 bits per heavy atom. The van der Waals surface area contributed by atoms with Crippen LogP contribution >= 0.6 is 31.9 Å². The molecule has 0 atom stereocenters. The Morgan fingerprint density at radius 1 is 0.595 bits per heavy atom. The lowest BCUT2D eigenvalue weighted by Crippen LogP contribution is -2.33. The minimum atomic E-state index is -0.215. The number of fused-ring (bicyclic) bond motifs is 2. The predicted molar refractivity (Wildman–Crippen MR) is 185 cm³/mol. The molecule has 0 aliphatic carbocycles. The summed E-state index contributed by atoms with van der Waals surface area (Å²) >= 11 is 7.39. The molecule has 0 radical (unpaired) electrons. The molecule has 4 nitrogen and oxygen atoms in total. The highest BCUT2D eigenvalue weighted by Gasteiger charge is 2.22. The van der Waals surface area contributed by atoms with E-state index in [1.165, 1.54) is 88.0 Å². The van der Waals surface area contributed by atoms with E-state index in [9.17, 15) is 9.59 Å². The SMILES string of the molecule is CCCCCCCCCCCCCCCCCCn1c(=O)c2cc(Br)c3oc4ccccc4c4c(Br)cc(c1=O)c2c34. The topological polar surface area (TPSA) is 52.2 Å². The molecule has 0 N–H and O–H groups in total. The molecule has 0 aliphatic heterocycles. The maximum absolute atomic E-state index is 13.6. The molecule has 5 aromatic rings. The van der Waals surface area contributed by atoms with Gasteiger partial charge in [0.2, 0.25) is 0 Å². The van der Waals surface area contributed by atoms with E-state index in [1.807, 2.05) is 36.4 Å². The quantitative estimate of drug-likeness (QED) is 0.0552. The van der Waals surface area contributed by atoms with Gasteiger partial charge in [0.1, 0.15) is 11.2 Å². The van der Waals surface area contributed by atoms with E-state index in [2.05, 4.69) is 38.8 Å². The summed E-state index contributed by atoms with van der Waals surface area (Å²) in [6, 6.07) is 11.6. The number of nitrogens with zero attached hydrogens (tertiary/aromatic N) is 1. The van der Waals surface area contributed by atoms with Crippen LogP contribution in [0.5, 0.6) is 0 Å². The van der Waals surface area contributed by atoms with Gasteiger partial charge in [-0.25, -0.2) is 0 Å². The molecule has 0 saturated carbocycles. The van der Waals surface area contributed by atoms with Crippen LogP contribution in [-0.4, -0.2) is 4.57 Å². The van der Waals surface area contributed by atoms with Crippen LogP contribution in [0.15, 0.2) is 59.3 Å². The first-order chi connectivity index (χ1) is 20.5. The predicted octanol–water partition coefficient (Wildman–Crippen LogP) is 11.6. The lowest BCUT2D eigenvalue weighted by atomic mass is 9.96. The first kappa shape index (κ1) is 31.3. The highest BCUT2D eigenvalue weighted by molar-refractivity contribution is 9.11. The van der Waals surface area contributed by atoms with Gasteiger partial charge >= 0.3 is 0 Å². The number of hydrogen-bond acceptors (Lipinski definition) is 3. The van der Waals surface area contributed by atoms with Crippen molar-refractivity contribution in [1.82, 2.24) is 4.57 Å². The van der Waals surface area contributed by atoms with E-state index in [-0.39, 0.29) is 11.1 Å². The van der Waals surface area contributed by atoms with Gasteiger partial charge < -0.3 is 4.42 Å². The van der Waals surface area contributed by atoms with Crippen molar-refractivity contribution >= 4 is 75.3 Å². The summed E-state index contributed by atoms with van der Waals surface area (Å²) in [5.74, 6) is 0. The lowest BCUT2D eigenvalue weighted by molar-refractivity contribution is 0.517. The van der Waals surface area contributed by atoms with Crippen LogP contribution in [-0.2, 0) is 6.54 Å². The van der Waals surface area contributed by atoms with Crippen molar-refractivity contribution in [2.75, 3.05) is 0 Å². The molecule has 2 aromatic heterocycles. The van der Waals surface area contributed by atoms with Gasteiger partial charge in [0.15, 0.2) is 0 Å². The summed E-state index contributed by atoms with van der Waals surface area (Å²) in [6.45, 7) is 2.73.